The lowest BCUT2D eigenvalue weighted by Gasteiger charge is -2.34. The molecule has 0 amide bonds. The Kier molecular flexibility index (Phi) is 11.1. The summed E-state index contributed by atoms with van der Waals surface area (Å²) in [5.74, 6) is 0. The summed E-state index contributed by atoms with van der Waals surface area (Å²) in [6, 6.07) is 118. The summed E-state index contributed by atoms with van der Waals surface area (Å²) < 4.78 is 4.78. The van der Waals surface area contributed by atoms with Gasteiger partial charge in [-0.05, 0) is 182 Å². The third kappa shape index (κ3) is 7.51. The summed E-state index contributed by atoms with van der Waals surface area (Å²) in [7, 11) is 0. The predicted octanol–water partition coefficient (Wildman–Crippen LogP) is 20.7. The standard InChI is InChI=1S/C79H53N3/c1-6-22-60(23-7-1)79(61-24-8-2-9-25-61)73-35-19-16-32-67(73)70-53-66(44-45-74(70)79)80(62-26-10-3-11-27-62)65-42-38-54(39-43-65)57-48-58(55-40-46-77-71(51-55)68-33-17-20-36-75(68)81(77)63-28-12-4-13-29-63)50-59(49-57)56-41-47-78-72(52-56)69-34-18-21-37-76(69)82(78)64-30-14-5-15-31-64/h1-53H. The van der Waals surface area contributed by atoms with Crippen LogP contribution in [0, 0.1) is 0 Å². The molecular formula is C79H53N3. The van der Waals surface area contributed by atoms with E-state index in [-0.39, 0.29) is 0 Å². The maximum atomic E-state index is 2.42. The van der Waals surface area contributed by atoms with Crippen molar-refractivity contribution in [3.63, 3.8) is 0 Å². The van der Waals surface area contributed by atoms with Gasteiger partial charge < -0.3 is 14.0 Å². The highest BCUT2D eigenvalue weighted by molar-refractivity contribution is 6.12. The lowest BCUT2D eigenvalue weighted by atomic mass is 9.68. The van der Waals surface area contributed by atoms with Crippen molar-refractivity contribution < 1.29 is 0 Å². The van der Waals surface area contributed by atoms with Crippen LogP contribution in [-0.4, -0.2) is 9.13 Å². The van der Waals surface area contributed by atoms with Gasteiger partial charge in [-0.25, -0.2) is 0 Å². The van der Waals surface area contributed by atoms with E-state index in [1.807, 2.05) is 0 Å². The van der Waals surface area contributed by atoms with Crippen LogP contribution in [0.25, 0.3) is 99.5 Å². The zero-order valence-corrected chi connectivity index (χ0v) is 44.9. The van der Waals surface area contributed by atoms with Crippen molar-refractivity contribution in [2.75, 3.05) is 4.90 Å². The summed E-state index contributed by atoms with van der Waals surface area (Å²) in [5, 5.41) is 4.92. The molecule has 0 saturated carbocycles. The minimum absolute atomic E-state index is 0.473. The van der Waals surface area contributed by atoms with E-state index in [2.05, 4.69) is 336 Å². The molecule has 3 nitrogen and oxygen atoms in total. The van der Waals surface area contributed by atoms with Crippen molar-refractivity contribution in [3.8, 4) is 55.9 Å². The summed E-state index contributed by atoms with van der Waals surface area (Å²) in [4.78, 5) is 2.40. The van der Waals surface area contributed by atoms with Crippen molar-refractivity contribution in [1.29, 1.82) is 0 Å². The molecule has 15 aromatic rings. The third-order valence-electron chi connectivity index (χ3n) is 17.1. The Labute approximate surface area is 477 Å². The van der Waals surface area contributed by atoms with Gasteiger partial charge in [-0.2, -0.15) is 0 Å². The molecule has 3 heteroatoms. The normalized spacial score (nSPS) is 12.5. The van der Waals surface area contributed by atoms with Gasteiger partial charge in [0.2, 0.25) is 0 Å². The first-order valence-electron chi connectivity index (χ1n) is 28.3. The Morgan fingerprint density at radius 3 is 1.16 bits per heavy atom. The Balaban J connectivity index is 0.850. The van der Waals surface area contributed by atoms with Crippen LogP contribution < -0.4 is 4.90 Å². The highest BCUT2D eigenvalue weighted by atomic mass is 15.1. The molecule has 2 heterocycles. The van der Waals surface area contributed by atoms with Gasteiger partial charge in [0.05, 0.1) is 27.5 Å². The molecule has 0 N–H and O–H groups in total. The SMILES string of the molecule is c1ccc(N(c2ccc(-c3cc(-c4ccc5c(c4)c4ccccc4n5-c4ccccc4)cc(-c4ccc5c(c4)c4ccccc4n5-c4ccccc4)c3)cc2)c2ccc3c(c2)-c2ccccc2C3(c2ccccc2)c2ccccc2)cc1. The Morgan fingerprint density at radius 1 is 0.232 bits per heavy atom. The third-order valence-corrected chi connectivity index (χ3v) is 17.1. The van der Waals surface area contributed by atoms with Crippen LogP contribution in [0.1, 0.15) is 22.3 Å². The van der Waals surface area contributed by atoms with E-state index in [1.165, 1.54) is 88.1 Å². The lowest BCUT2D eigenvalue weighted by Crippen LogP contribution is -2.28. The van der Waals surface area contributed by atoms with Crippen LogP contribution in [0.3, 0.4) is 0 Å². The Morgan fingerprint density at radius 2 is 0.622 bits per heavy atom. The van der Waals surface area contributed by atoms with Crippen LogP contribution in [0.15, 0.2) is 322 Å². The molecule has 1 aliphatic rings. The number of fused-ring (bicyclic) bond motifs is 9. The molecule has 2 aromatic heterocycles. The number of aromatic nitrogens is 2. The molecule has 0 unspecified atom stereocenters. The number of para-hydroxylation sites is 5. The van der Waals surface area contributed by atoms with Gasteiger partial charge in [-0.3, -0.25) is 0 Å². The summed E-state index contributed by atoms with van der Waals surface area (Å²) in [5.41, 5.74) is 24.4. The van der Waals surface area contributed by atoms with Crippen molar-refractivity contribution in [2.24, 2.45) is 0 Å². The average Bonchev–Trinajstić information content (AvgIpc) is 4.29. The second kappa shape index (κ2) is 19.3. The quantitative estimate of drug-likeness (QED) is 0.133. The van der Waals surface area contributed by atoms with Crippen molar-refractivity contribution in [3.05, 3.63) is 344 Å². The van der Waals surface area contributed by atoms with E-state index in [9.17, 15) is 0 Å². The number of benzene rings is 13. The van der Waals surface area contributed by atoms with Crippen LogP contribution in [0.2, 0.25) is 0 Å². The topological polar surface area (TPSA) is 13.1 Å². The molecule has 16 rings (SSSR count). The maximum absolute atomic E-state index is 2.42. The van der Waals surface area contributed by atoms with Crippen molar-refractivity contribution in [1.82, 2.24) is 9.13 Å². The number of rotatable bonds is 10. The predicted molar refractivity (Wildman–Crippen MR) is 343 cm³/mol. The summed E-state index contributed by atoms with van der Waals surface area (Å²) in [6.07, 6.45) is 0. The van der Waals surface area contributed by atoms with Crippen LogP contribution in [-0.2, 0) is 5.41 Å². The fourth-order valence-corrected chi connectivity index (χ4v) is 13.5. The molecule has 82 heavy (non-hydrogen) atoms. The molecule has 384 valence electrons. The van der Waals surface area contributed by atoms with Gasteiger partial charge in [-0.15, -0.1) is 0 Å². The molecule has 0 saturated heterocycles. The van der Waals surface area contributed by atoms with E-state index in [0.29, 0.717) is 0 Å². The molecule has 0 aliphatic heterocycles. The second-order valence-corrected chi connectivity index (χ2v) is 21.6. The number of hydrogen-bond donors (Lipinski definition) is 0. The molecule has 13 aromatic carbocycles. The van der Waals surface area contributed by atoms with E-state index in [4.69, 9.17) is 0 Å². The molecule has 0 atom stereocenters. The fourth-order valence-electron chi connectivity index (χ4n) is 13.5. The van der Waals surface area contributed by atoms with Gasteiger partial charge in [0.1, 0.15) is 0 Å². The highest BCUT2D eigenvalue weighted by Gasteiger charge is 2.46. The summed E-state index contributed by atoms with van der Waals surface area (Å²) >= 11 is 0. The molecule has 1 aliphatic carbocycles. The van der Waals surface area contributed by atoms with Crippen molar-refractivity contribution >= 4 is 60.7 Å². The van der Waals surface area contributed by atoms with Crippen LogP contribution in [0.4, 0.5) is 17.1 Å². The fraction of sp³-hybridized carbons (Fsp3) is 0.0127. The van der Waals surface area contributed by atoms with Gasteiger partial charge in [0.25, 0.3) is 0 Å². The minimum Gasteiger partial charge on any atom is -0.310 e. The van der Waals surface area contributed by atoms with Crippen molar-refractivity contribution in [2.45, 2.75) is 5.41 Å². The summed E-state index contributed by atoms with van der Waals surface area (Å²) in [6.45, 7) is 0. The zero-order valence-electron chi connectivity index (χ0n) is 44.9. The lowest BCUT2D eigenvalue weighted by molar-refractivity contribution is 0.768. The first-order valence-corrected chi connectivity index (χ1v) is 28.3. The van der Waals surface area contributed by atoms with Gasteiger partial charge in [-0.1, -0.05) is 206 Å². The maximum Gasteiger partial charge on any atom is 0.0713 e. The molecular weight excluding hydrogens is 991 g/mol. The van der Waals surface area contributed by atoms with E-state index in [1.54, 1.807) is 0 Å². The minimum atomic E-state index is -0.473. The monoisotopic (exact) mass is 1040 g/mol. The number of nitrogens with zero attached hydrogens (tertiary/aromatic N) is 3. The Hall–Kier alpha value is -10.7. The van der Waals surface area contributed by atoms with Gasteiger partial charge in [0.15, 0.2) is 0 Å². The molecule has 0 spiro atoms. The molecule has 0 radical (unpaired) electrons. The smallest absolute Gasteiger partial charge is 0.0713 e. The van der Waals surface area contributed by atoms with Crippen LogP contribution in [0.5, 0.6) is 0 Å². The second-order valence-electron chi connectivity index (χ2n) is 21.6. The van der Waals surface area contributed by atoms with E-state index in [0.717, 1.165) is 50.7 Å². The molecule has 0 fully saturated rings. The van der Waals surface area contributed by atoms with E-state index >= 15 is 0 Å². The zero-order chi connectivity index (χ0) is 54.1. The molecule has 0 bridgehead atoms. The number of hydrogen-bond acceptors (Lipinski definition) is 1. The van der Waals surface area contributed by atoms with Gasteiger partial charge >= 0.3 is 0 Å². The first kappa shape index (κ1) is 47.3. The van der Waals surface area contributed by atoms with Crippen LogP contribution >= 0.6 is 0 Å². The largest absolute Gasteiger partial charge is 0.310 e. The Bertz CT molecular complexity index is 4670. The average molecular weight is 1040 g/mol. The number of anilines is 3. The van der Waals surface area contributed by atoms with Gasteiger partial charge in [0, 0.05) is 50.0 Å². The highest BCUT2D eigenvalue weighted by Crippen LogP contribution is 2.57. The van der Waals surface area contributed by atoms with E-state index < -0.39 is 5.41 Å². The first-order chi connectivity index (χ1) is 40.7.